The summed E-state index contributed by atoms with van der Waals surface area (Å²) in [5.74, 6) is -0.793. The molecule has 0 aromatic heterocycles. The largest absolute Gasteiger partial charge is 0.463 e. The molecule has 1 aliphatic carbocycles. The van der Waals surface area contributed by atoms with Gasteiger partial charge in [0, 0.05) is 0 Å². The van der Waals surface area contributed by atoms with Gasteiger partial charge in [0.05, 0.1) is 23.8 Å². The highest BCUT2D eigenvalue weighted by atomic mass is 16.6. The molecule has 1 saturated carbocycles. The molecule has 0 unspecified atom stereocenters. The standard InChI is InChI=1S/C20H33NO5/c1-5-8-14(17(23)26-19(2,3)4)12-20(9-6-7-10-20)18(24)21-15-11-16(22)25-13-15/h14-15H,5-13H2,1-4H3,(H,21,24)/t14-,15+/m1/s1. The first kappa shape index (κ1) is 20.7. The number of hydrogen-bond acceptors (Lipinski definition) is 5. The summed E-state index contributed by atoms with van der Waals surface area (Å²) in [5, 5.41) is 2.99. The lowest BCUT2D eigenvalue weighted by Crippen LogP contribution is -2.46. The second kappa shape index (κ2) is 8.40. The Kier molecular flexibility index (Phi) is 6.69. The van der Waals surface area contributed by atoms with E-state index in [2.05, 4.69) is 5.32 Å². The topological polar surface area (TPSA) is 81.7 Å². The van der Waals surface area contributed by atoms with Crippen molar-refractivity contribution >= 4 is 17.8 Å². The summed E-state index contributed by atoms with van der Waals surface area (Å²) in [6, 6.07) is -0.251. The smallest absolute Gasteiger partial charge is 0.309 e. The van der Waals surface area contributed by atoms with Crippen LogP contribution in [-0.2, 0) is 23.9 Å². The highest BCUT2D eigenvalue weighted by Gasteiger charge is 2.45. The number of carbonyl (C=O) groups excluding carboxylic acids is 3. The number of carbonyl (C=O) groups is 3. The third-order valence-electron chi connectivity index (χ3n) is 5.25. The first-order valence-electron chi connectivity index (χ1n) is 9.85. The third kappa shape index (κ3) is 5.45. The summed E-state index contributed by atoms with van der Waals surface area (Å²) in [7, 11) is 0. The lowest BCUT2D eigenvalue weighted by Gasteiger charge is -2.33. The fourth-order valence-corrected chi connectivity index (χ4v) is 4.03. The molecule has 2 atom stereocenters. The average Bonchev–Trinajstić information content (AvgIpc) is 3.15. The summed E-state index contributed by atoms with van der Waals surface area (Å²) in [5.41, 5.74) is -1.07. The molecule has 0 radical (unpaired) electrons. The van der Waals surface area contributed by atoms with E-state index in [1.165, 1.54) is 0 Å². The van der Waals surface area contributed by atoms with Crippen molar-refractivity contribution in [1.82, 2.24) is 5.32 Å². The maximum Gasteiger partial charge on any atom is 0.309 e. The Morgan fingerprint density at radius 1 is 1.31 bits per heavy atom. The van der Waals surface area contributed by atoms with Crippen LogP contribution < -0.4 is 5.32 Å². The van der Waals surface area contributed by atoms with Gasteiger partial charge in [-0.1, -0.05) is 26.2 Å². The van der Waals surface area contributed by atoms with Crippen LogP contribution >= 0.6 is 0 Å². The third-order valence-corrected chi connectivity index (χ3v) is 5.25. The summed E-state index contributed by atoms with van der Waals surface area (Å²) in [6.07, 6.45) is 5.87. The van der Waals surface area contributed by atoms with Crippen molar-refractivity contribution in [3.63, 3.8) is 0 Å². The molecule has 2 rings (SSSR count). The van der Waals surface area contributed by atoms with Crippen LogP contribution in [0.2, 0.25) is 0 Å². The van der Waals surface area contributed by atoms with Gasteiger partial charge >= 0.3 is 11.9 Å². The van der Waals surface area contributed by atoms with E-state index in [1.54, 1.807) is 0 Å². The van der Waals surface area contributed by atoms with Crippen LogP contribution in [0.5, 0.6) is 0 Å². The Labute approximate surface area is 156 Å². The molecule has 26 heavy (non-hydrogen) atoms. The minimum absolute atomic E-state index is 0.0389. The Morgan fingerprint density at radius 3 is 2.46 bits per heavy atom. The van der Waals surface area contributed by atoms with Crippen molar-refractivity contribution in [2.75, 3.05) is 6.61 Å². The molecule has 2 aliphatic rings. The van der Waals surface area contributed by atoms with Gasteiger partial charge in [-0.05, 0) is 46.5 Å². The molecule has 0 bridgehead atoms. The zero-order valence-corrected chi connectivity index (χ0v) is 16.6. The minimum Gasteiger partial charge on any atom is -0.463 e. The van der Waals surface area contributed by atoms with Crippen molar-refractivity contribution in [3.8, 4) is 0 Å². The van der Waals surface area contributed by atoms with Gasteiger partial charge in [-0.2, -0.15) is 0 Å². The number of esters is 2. The Balaban J connectivity index is 2.09. The highest BCUT2D eigenvalue weighted by molar-refractivity contribution is 5.85. The maximum atomic E-state index is 13.0. The van der Waals surface area contributed by atoms with Gasteiger partial charge in [0.15, 0.2) is 0 Å². The molecule has 6 nitrogen and oxygen atoms in total. The quantitative estimate of drug-likeness (QED) is 0.699. The Hall–Kier alpha value is -1.59. The zero-order valence-electron chi connectivity index (χ0n) is 16.6. The van der Waals surface area contributed by atoms with Crippen molar-refractivity contribution in [3.05, 3.63) is 0 Å². The van der Waals surface area contributed by atoms with Crippen LogP contribution in [0.4, 0.5) is 0 Å². The second-order valence-electron chi connectivity index (χ2n) is 8.77. The van der Waals surface area contributed by atoms with Crippen molar-refractivity contribution < 1.29 is 23.9 Å². The molecular weight excluding hydrogens is 334 g/mol. The number of amides is 1. The van der Waals surface area contributed by atoms with Crippen LogP contribution in [0.3, 0.4) is 0 Å². The van der Waals surface area contributed by atoms with Gasteiger partial charge in [-0.15, -0.1) is 0 Å². The normalized spacial score (nSPS) is 23.4. The van der Waals surface area contributed by atoms with E-state index < -0.39 is 11.0 Å². The van der Waals surface area contributed by atoms with E-state index in [0.29, 0.717) is 6.42 Å². The lowest BCUT2D eigenvalue weighted by molar-refractivity contribution is -0.162. The van der Waals surface area contributed by atoms with Crippen molar-refractivity contribution in [2.45, 2.75) is 90.7 Å². The molecular formula is C20H33NO5. The molecule has 1 N–H and O–H groups in total. The fourth-order valence-electron chi connectivity index (χ4n) is 4.03. The van der Waals surface area contributed by atoms with Crippen molar-refractivity contribution in [2.24, 2.45) is 11.3 Å². The Morgan fingerprint density at radius 2 is 1.96 bits per heavy atom. The number of ether oxygens (including phenoxy) is 2. The molecule has 1 aliphatic heterocycles. The van der Waals surface area contributed by atoms with Crippen molar-refractivity contribution in [1.29, 1.82) is 0 Å². The minimum atomic E-state index is -0.539. The van der Waals surface area contributed by atoms with Gasteiger partial charge in [0.25, 0.3) is 0 Å². The monoisotopic (exact) mass is 367 g/mol. The fraction of sp³-hybridized carbons (Fsp3) is 0.850. The second-order valence-corrected chi connectivity index (χ2v) is 8.77. The number of cyclic esters (lactones) is 1. The maximum absolute atomic E-state index is 13.0. The van der Waals surface area contributed by atoms with Gasteiger partial charge < -0.3 is 14.8 Å². The predicted octanol–water partition coefficient (Wildman–Crippen LogP) is 3.13. The van der Waals surface area contributed by atoms with Gasteiger partial charge in [0.1, 0.15) is 12.2 Å². The van der Waals surface area contributed by atoms with Crippen LogP contribution in [0.25, 0.3) is 0 Å². The Bertz CT molecular complexity index is 531. The van der Waals surface area contributed by atoms with E-state index >= 15 is 0 Å². The number of hydrogen-bond donors (Lipinski definition) is 1. The van der Waals surface area contributed by atoms with Crippen LogP contribution in [0.1, 0.15) is 79.1 Å². The molecule has 1 amide bonds. The van der Waals surface area contributed by atoms with E-state index in [9.17, 15) is 14.4 Å². The number of nitrogens with one attached hydrogen (secondary N) is 1. The first-order chi connectivity index (χ1) is 12.1. The van der Waals surface area contributed by atoms with Gasteiger partial charge in [-0.3, -0.25) is 14.4 Å². The molecule has 0 aromatic carbocycles. The number of rotatable bonds is 7. The summed E-state index contributed by atoms with van der Waals surface area (Å²) >= 11 is 0. The van der Waals surface area contributed by atoms with E-state index in [4.69, 9.17) is 9.47 Å². The van der Waals surface area contributed by atoms with Gasteiger partial charge in [0.2, 0.25) is 5.91 Å². The zero-order chi connectivity index (χ0) is 19.4. The molecule has 148 valence electrons. The summed E-state index contributed by atoms with van der Waals surface area (Å²) in [4.78, 5) is 37.0. The molecule has 1 saturated heterocycles. The van der Waals surface area contributed by atoms with Crippen LogP contribution in [0, 0.1) is 11.3 Å². The lowest BCUT2D eigenvalue weighted by atomic mass is 9.75. The van der Waals surface area contributed by atoms with Gasteiger partial charge in [-0.25, -0.2) is 0 Å². The molecule has 0 aromatic rings. The van der Waals surface area contributed by atoms with Crippen LogP contribution in [0.15, 0.2) is 0 Å². The average molecular weight is 367 g/mol. The SMILES string of the molecule is CCC[C@H](CC1(C(=O)N[C@@H]2COC(=O)C2)CCCC1)C(=O)OC(C)(C)C. The van der Waals surface area contributed by atoms with E-state index in [1.807, 2.05) is 27.7 Å². The van der Waals surface area contributed by atoms with Crippen LogP contribution in [-0.4, -0.2) is 36.1 Å². The van der Waals surface area contributed by atoms with E-state index in [-0.39, 0.29) is 42.8 Å². The molecule has 0 spiro atoms. The first-order valence-corrected chi connectivity index (χ1v) is 9.85. The summed E-state index contributed by atoms with van der Waals surface area (Å²) < 4.78 is 10.5. The highest BCUT2D eigenvalue weighted by Crippen LogP contribution is 2.45. The molecule has 2 fully saturated rings. The summed E-state index contributed by atoms with van der Waals surface area (Å²) in [6.45, 7) is 7.88. The molecule has 1 heterocycles. The van der Waals surface area contributed by atoms with E-state index in [0.717, 1.165) is 38.5 Å². The molecule has 6 heteroatoms. The predicted molar refractivity (Wildman–Crippen MR) is 97.3 cm³/mol.